The highest BCUT2D eigenvalue weighted by Crippen LogP contribution is 2.71. The van der Waals surface area contributed by atoms with Crippen molar-refractivity contribution in [1.82, 2.24) is 29.8 Å². The van der Waals surface area contributed by atoms with Gasteiger partial charge in [-0.3, -0.25) is 24.3 Å². The first-order chi connectivity index (χ1) is 23.7. The van der Waals surface area contributed by atoms with Gasteiger partial charge in [-0.15, -0.1) is 0 Å². The summed E-state index contributed by atoms with van der Waals surface area (Å²) in [7, 11) is 2.11. The number of alkyl halides is 2. The Morgan fingerprint density at radius 2 is 1.64 bits per heavy atom. The zero-order chi connectivity index (χ0) is 36.6. The van der Waals surface area contributed by atoms with Gasteiger partial charge >= 0.3 is 0 Å². The van der Waals surface area contributed by atoms with Crippen molar-refractivity contribution in [2.75, 3.05) is 72.5 Å². The second-order valence-corrected chi connectivity index (χ2v) is 17.1. The third kappa shape index (κ3) is 7.49. The van der Waals surface area contributed by atoms with Gasteiger partial charge in [0.1, 0.15) is 12.3 Å². The molecule has 4 saturated heterocycles. The Balaban J connectivity index is 1.39. The van der Waals surface area contributed by atoms with Crippen molar-refractivity contribution in [3.63, 3.8) is 0 Å². The Morgan fingerprint density at radius 3 is 2.22 bits per heavy atom. The molecule has 0 spiro atoms. The number of piperazine rings is 1. The molecular formula is C38H70F2N8O2. The number of fused-ring (bicyclic) bond motifs is 1. The number of carbonyl (C=O) groups excluding carboxylic acids is 2. The molecule has 4 heterocycles. The maximum absolute atomic E-state index is 17.0. The summed E-state index contributed by atoms with van der Waals surface area (Å²) < 4.78 is 32.5. The second kappa shape index (κ2) is 15.9. The van der Waals surface area contributed by atoms with Crippen LogP contribution < -0.4 is 16.8 Å². The summed E-state index contributed by atoms with van der Waals surface area (Å²) in [5.41, 5.74) is 12.0. The van der Waals surface area contributed by atoms with Crippen LogP contribution in [-0.4, -0.2) is 151 Å². The first-order valence-corrected chi connectivity index (χ1v) is 20.0. The molecule has 4 aliphatic heterocycles. The number of nitrogens with two attached hydrogens (primary N) is 2. The molecule has 12 heteroatoms. The smallest absolute Gasteiger partial charge is 0.227 e. The second-order valence-electron chi connectivity index (χ2n) is 17.1. The molecule has 0 bridgehead atoms. The molecule has 5 fully saturated rings. The van der Waals surface area contributed by atoms with Crippen LogP contribution in [0.3, 0.4) is 0 Å². The standard InChI is InChI=1S/C38H70F2N8O2/c1-8-14-38(48-15-12-27(13-16-48)35(50)47-18-17-44(7)26(5)21-47)30(40)23-45(10-3)24-31(38)43-34(49)32(33(41)42)29-20-37(9-2)25-36(37,6)19-28(39)22-46(29)11-4/h26-33H,8-25,41-42H2,1-7H3,(H,43,49). The van der Waals surface area contributed by atoms with E-state index in [-0.39, 0.29) is 41.1 Å². The van der Waals surface area contributed by atoms with E-state index >= 15 is 8.78 Å². The van der Waals surface area contributed by atoms with E-state index in [0.717, 1.165) is 45.3 Å². The van der Waals surface area contributed by atoms with Gasteiger partial charge in [0.15, 0.2) is 0 Å². The Morgan fingerprint density at radius 1 is 0.940 bits per heavy atom. The van der Waals surface area contributed by atoms with Gasteiger partial charge in [-0.1, -0.05) is 41.0 Å². The zero-order valence-electron chi connectivity index (χ0n) is 32.3. The molecule has 9 atom stereocenters. The minimum absolute atomic E-state index is 0.0486. The Bertz CT molecular complexity index is 1170. The van der Waals surface area contributed by atoms with Crippen LogP contribution in [0.2, 0.25) is 0 Å². The summed E-state index contributed by atoms with van der Waals surface area (Å²) in [5.74, 6) is -0.863. The van der Waals surface area contributed by atoms with Gasteiger partial charge in [-0.05, 0) is 95.9 Å². The van der Waals surface area contributed by atoms with E-state index in [1.165, 1.54) is 0 Å². The van der Waals surface area contributed by atoms with Crippen LogP contribution in [0.25, 0.3) is 0 Å². The fourth-order valence-corrected chi connectivity index (χ4v) is 11.0. The molecule has 0 aromatic rings. The zero-order valence-corrected chi connectivity index (χ0v) is 32.3. The van der Waals surface area contributed by atoms with Crippen LogP contribution in [0.15, 0.2) is 0 Å². The number of piperidine rings is 2. The molecule has 0 radical (unpaired) electrons. The van der Waals surface area contributed by atoms with Crippen molar-refractivity contribution in [3.8, 4) is 0 Å². The number of likely N-dealkylation sites (tertiary alicyclic amines) is 3. The Labute approximate surface area is 301 Å². The summed E-state index contributed by atoms with van der Waals surface area (Å²) in [6.07, 6.45) is 2.76. The fraction of sp³-hybridized carbons (Fsp3) is 0.947. The van der Waals surface area contributed by atoms with E-state index < -0.39 is 36.0 Å². The number of amides is 2. The van der Waals surface area contributed by atoms with Crippen LogP contribution >= 0.6 is 0 Å². The van der Waals surface area contributed by atoms with Crippen LogP contribution in [0.4, 0.5) is 8.78 Å². The molecule has 2 amide bonds. The maximum Gasteiger partial charge on any atom is 0.227 e. The molecule has 10 nitrogen and oxygen atoms in total. The van der Waals surface area contributed by atoms with Gasteiger partial charge in [0.05, 0.1) is 23.7 Å². The van der Waals surface area contributed by atoms with Gasteiger partial charge in [0.25, 0.3) is 0 Å². The molecule has 50 heavy (non-hydrogen) atoms. The van der Waals surface area contributed by atoms with Gasteiger partial charge < -0.3 is 26.6 Å². The molecule has 5 rings (SSSR count). The summed E-state index contributed by atoms with van der Waals surface area (Å²) in [6, 6.07) is -0.473. The van der Waals surface area contributed by atoms with E-state index in [1.54, 1.807) is 0 Å². The lowest BCUT2D eigenvalue weighted by Gasteiger charge is -2.57. The third-order valence-corrected chi connectivity index (χ3v) is 14.4. The average molecular weight is 709 g/mol. The molecule has 9 unspecified atom stereocenters. The number of rotatable bonds is 11. The fourth-order valence-electron chi connectivity index (χ4n) is 11.0. The SMILES string of the molecule is CCCC1(N2CCC(C(=O)N3CCN(C)C(C)C3)CC2)C(F)CN(CC)CC1NC(=O)C(C(N)N)C1CC2(CC)CC2(C)CC(F)CN1CC. The van der Waals surface area contributed by atoms with Crippen molar-refractivity contribution < 1.29 is 18.4 Å². The summed E-state index contributed by atoms with van der Waals surface area (Å²) >= 11 is 0. The van der Waals surface area contributed by atoms with Gasteiger partial charge in [0, 0.05) is 57.3 Å². The van der Waals surface area contributed by atoms with Crippen LogP contribution in [0.1, 0.15) is 92.9 Å². The molecule has 288 valence electrons. The lowest BCUT2D eigenvalue weighted by Crippen LogP contribution is -2.75. The van der Waals surface area contributed by atoms with Gasteiger partial charge in [0.2, 0.25) is 11.8 Å². The molecule has 0 aromatic carbocycles. The highest BCUT2D eigenvalue weighted by molar-refractivity contribution is 5.81. The van der Waals surface area contributed by atoms with Gasteiger partial charge in [-0.2, -0.15) is 0 Å². The van der Waals surface area contributed by atoms with Gasteiger partial charge in [-0.25, -0.2) is 8.78 Å². The average Bonchev–Trinajstić information content (AvgIpc) is 3.65. The third-order valence-electron chi connectivity index (χ3n) is 14.4. The molecule has 1 saturated carbocycles. The largest absolute Gasteiger partial charge is 0.350 e. The van der Waals surface area contributed by atoms with Crippen molar-refractivity contribution in [2.24, 2.45) is 34.1 Å². The quantitative estimate of drug-likeness (QED) is 0.281. The summed E-state index contributed by atoms with van der Waals surface area (Å²) in [6.45, 7) is 18.6. The number of hydrogen-bond donors (Lipinski definition) is 3. The minimum atomic E-state index is -1.19. The molecule has 5 aliphatic rings. The predicted octanol–water partition coefficient (Wildman–Crippen LogP) is 3.05. The number of nitrogens with one attached hydrogen (secondary N) is 1. The molecule has 1 aliphatic carbocycles. The highest BCUT2D eigenvalue weighted by atomic mass is 19.1. The van der Waals surface area contributed by atoms with E-state index in [4.69, 9.17) is 11.5 Å². The highest BCUT2D eigenvalue weighted by Gasteiger charge is 2.65. The van der Waals surface area contributed by atoms with Crippen molar-refractivity contribution in [2.45, 2.75) is 135 Å². The first-order valence-electron chi connectivity index (χ1n) is 20.0. The maximum atomic E-state index is 17.0. The molecular weight excluding hydrogens is 638 g/mol. The van der Waals surface area contributed by atoms with E-state index in [2.05, 4.69) is 59.7 Å². The number of likely N-dealkylation sites (N-methyl/N-ethyl adjacent to an activating group) is 2. The number of nitrogens with zero attached hydrogens (tertiary/aromatic N) is 5. The van der Waals surface area contributed by atoms with Crippen molar-refractivity contribution in [3.05, 3.63) is 0 Å². The van der Waals surface area contributed by atoms with Crippen molar-refractivity contribution >= 4 is 11.8 Å². The van der Waals surface area contributed by atoms with Crippen molar-refractivity contribution in [1.29, 1.82) is 0 Å². The van der Waals surface area contributed by atoms with Crippen LogP contribution in [0, 0.1) is 22.7 Å². The number of carbonyl (C=O) groups is 2. The predicted molar refractivity (Wildman–Crippen MR) is 196 cm³/mol. The van der Waals surface area contributed by atoms with Crippen LogP contribution in [0.5, 0.6) is 0 Å². The summed E-state index contributed by atoms with van der Waals surface area (Å²) in [5, 5.41) is 3.40. The minimum Gasteiger partial charge on any atom is -0.350 e. The van der Waals surface area contributed by atoms with E-state index in [1.807, 2.05) is 18.7 Å². The Kier molecular flexibility index (Phi) is 12.6. The summed E-state index contributed by atoms with van der Waals surface area (Å²) in [4.78, 5) is 39.1. The van der Waals surface area contributed by atoms with E-state index in [0.29, 0.717) is 71.0 Å². The van der Waals surface area contributed by atoms with Crippen LogP contribution in [-0.2, 0) is 9.59 Å². The first kappa shape index (κ1) is 39.8. The molecule has 5 N–H and O–H groups in total. The lowest BCUT2D eigenvalue weighted by molar-refractivity contribution is -0.143. The normalized spacial score (nSPS) is 39.1. The van der Waals surface area contributed by atoms with E-state index in [9.17, 15) is 9.59 Å². The molecule has 0 aromatic heterocycles. The Hall–Kier alpha value is -1.44. The number of hydrogen-bond acceptors (Lipinski definition) is 8. The topological polar surface area (TPSA) is 114 Å². The lowest BCUT2D eigenvalue weighted by atomic mass is 9.73. The monoisotopic (exact) mass is 709 g/mol. The number of halogens is 2.